The maximum Gasteiger partial charge on any atom is 0.214 e. The quantitative estimate of drug-likeness (QED) is 0.845. The predicted molar refractivity (Wildman–Crippen MR) is 81.2 cm³/mol. The molecule has 1 N–H and O–H groups in total. The van der Waals surface area contributed by atoms with Crippen LogP contribution >= 0.6 is 12.4 Å². The van der Waals surface area contributed by atoms with Crippen LogP contribution in [0.15, 0.2) is 0 Å². The summed E-state index contributed by atoms with van der Waals surface area (Å²) in [6.45, 7) is 5.96. The zero-order chi connectivity index (χ0) is 13.2. The number of nitrogens with one attached hydrogen (secondary N) is 1. The molecule has 2 heterocycles. The van der Waals surface area contributed by atoms with Gasteiger partial charge in [-0.05, 0) is 38.1 Å². The lowest BCUT2D eigenvalue weighted by Crippen LogP contribution is -2.44. The van der Waals surface area contributed by atoms with Crippen LogP contribution in [0, 0.1) is 5.92 Å². The fraction of sp³-hybridized carbons (Fsp3) is 1.00. The molecule has 0 aromatic rings. The lowest BCUT2D eigenvalue weighted by Gasteiger charge is -2.28. The molecule has 6 heteroatoms. The summed E-state index contributed by atoms with van der Waals surface area (Å²) in [7, 11) is -3.07. The number of fused-ring (bicyclic) bond motifs is 2. The molecule has 0 aromatic carbocycles. The van der Waals surface area contributed by atoms with Crippen molar-refractivity contribution in [3.05, 3.63) is 0 Å². The van der Waals surface area contributed by atoms with Crippen LogP contribution in [0.3, 0.4) is 0 Å². The van der Waals surface area contributed by atoms with E-state index in [9.17, 15) is 8.42 Å². The average Bonchev–Trinajstić information content (AvgIpc) is 2.52. The summed E-state index contributed by atoms with van der Waals surface area (Å²) in [5.41, 5.74) is 0. The van der Waals surface area contributed by atoms with Crippen molar-refractivity contribution in [1.82, 2.24) is 9.62 Å². The highest BCUT2D eigenvalue weighted by Gasteiger charge is 2.42. The van der Waals surface area contributed by atoms with Gasteiger partial charge in [0.15, 0.2) is 0 Å². The highest BCUT2D eigenvalue weighted by molar-refractivity contribution is 7.89. The summed E-state index contributed by atoms with van der Waals surface area (Å²) in [5.74, 6) is 0.601. The highest BCUT2D eigenvalue weighted by Crippen LogP contribution is 2.31. The number of sulfonamides is 1. The van der Waals surface area contributed by atoms with Crippen molar-refractivity contribution in [2.75, 3.05) is 18.8 Å². The molecule has 2 aliphatic heterocycles. The Balaban J connectivity index is 0.00000180. The van der Waals surface area contributed by atoms with Gasteiger partial charge in [0.05, 0.1) is 5.75 Å². The topological polar surface area (TPSA) is 49.4 Å². The van der Waals surface area contributed by atoms with Crippen molar-refractivity contribution < 1.29 is 8.42 Å². The van der Waals surface area contributed by atoms with Gasteiger partial charge in [0.2, 0.25) is 10.0 Å². The Morgan fingerprint density at radius 2 is 1.95 bits per heavy atom. The Labute approximate surface area is 123 Å². The van der Waals surface area contributed by atoms with Crippen LogP contribution in [-0.2, 0) is 10.0 Å². The Morgan fingerprint density at radius 1 is 1.26 bits per heavy atom. The van der Waals surface area contributed by atoms with E-state index in [1.54, 1.807) is 0 Å². The third-order valence-electron chi connectivity index (χ3n) is 4.19. The van der Waals surface area contributed by atoms with Gasteiger partial charge in [0.25, 0.3) is 0 Å². The largest absolute Gasteiger partial charge is 0.315 e. The molecule has 2 saturated heterocycles. The highest BCUT2D eigenvalue weighted by atomic mass is 35.5. The summed E-state index contributed by atoms with van der Waals surface area (Å²) >= 11 is 0. The standard InChI is InChI=1S/C13H26N2O2S.ClH/c1-3-4-11(2)10-18(16,17)15-12-5-6-13(15)9-14-8-7-12;/h11-14H,3-10H2,1-2H3;1H. The molecular weight excluding hydrogens is 284 g/mol. The molecule has 2 aliphatic rings. The van der Waals surface area contributed by atoms with Crippen molar-refractivity contribution in [2.24, 2.45) is 5.92 Å². The van der Waals surface area contributed by atoms with E-state index in [0.29, 0.717) is 5.75 Å². The summed E-state index contributed by atoms with van der Waals surface area (Å²) in [4.78, 5) is 0. The van der Waals surface area contributed by atoms with Gasteiger partial charge in [0, 0.05) is 18.6 Å². The summed E-state index contributed by atoms with van der Waals surface area (Å²) in [6, 6.07) is 0.458. The molecule has 0 aliphatic carbocycles. The lowest BCUT2D eigenvalue weighted by molar-refractivity contribution is 0.331. The Morgan fingerprint density at radius 3 is 2.63 bits per heavy atom. The normalized spacial score (nSPS) is 29.6. The number of halogens is 1. The minimum Gasteiger partial charge on any atom is -0.315 e. The minimum absolute atomic E-state index is 0. The van der Waals surface area contributed by atoms with Crippen LogP contribution in [0.4, 0.5) is 0 Å². The number of rotatable bonds is 5. The monoisotopic (exact) mass is 310 g/mol. The maximum atomic E-state index is 12.6. The van der Waals surface area contributed by atoms with Crippen molar-refractivity contribution >= 4 is 22.4 Å². The van der Waals surface area contributed by atoms with Crippen LogP contribution in [0.1, 0.15) is 46.0 Å². The SMILES string of the molecule is CCCC(C)CS(=O)(=O)N1C2CCNCC1CC2.Cl. The molecule has 2 rings (SSSR count). The van der Waals surface area contributed by atoms with Crippen molar-refractivity contribution in [2.45, 2.75) is 58.0 Å². The van der Waals surface area contributed by atoms with Gasteiger partial charge in [-0.3, -0.25) is 0 Å². The number of hydrogen-bond acceptors (Lipinski definition) is 3. The van der Waals surface area contributed by atoms with E-state index >= 15 is 0 Å². The van der Waals surface area contributed by atoms with Gasteiger partial charge in [-0.2, -0.15) is 4.31 Å². The van der Waals surface area contributed by atoms with E-state index in [1.165, 1.54) is 0 Å². The van der Waals surface area contributed by atoms with E-state index in [-0.39, 0.29) is 30.4 Å². The van der Waals surface area contributed by atoms with Crippen LogP contribution in [0.25, 0.3) is 0 Å². The van der Waals surface area contributed by atoms with Crippen LogP contribution in [0.2, 0.25) is 0 Å². The molecular formula is C13H27ClN2O2S. The Hall–Kier alpha value is 0.160. The van der Waals surface area contributed by atoms with Crippen LogP contribution in [-0.4, -0.2) is 43.6 Å². The maximum absolute atomic E-state index is 12.6. The fourth-order valence-electron chi connectivity index (χ4n) is 3.41. The molecule has 0 spiro atoms. The average molecular weight is 311 g/mol. The third-order valence-corrected chi connectivity index (χ3v) is 6.41. The second kappa shape index (κ2) is 7.25. The smallest absolute Gasteiger partial charge is 0.214 e. The first-order valence-electron chi connectivity index (χ1n) is 7.26. The van der Waals surface area contributed by atoms with Gasteiger partial charge in [-0.25, -0.2) is 8.42 Å². The second-order valence-corrected chi connectivity index (χ2v) is 7.80. The van der Waals surface area contributed by atoms with Crippen LogP contribution in [0.5, 0.6) is 0 Å². The zero-order valence-corrected chi connectivity index (χ0v) is 13.6. The molecule has 4 nitrogen and oxygen atoms in total. The van der Waals surface area contributed by atoms with Crippen molar-refractivity contribution in [3.8, 4) is 0 Å². The molecule has 0 radical (unpaired) electrons. The first-order chi connectivity index (χ1) is 8.54. The first-order valence-corrected chi connectivity index (χ1v) is 8.87. The molecule has 0 saturated carbocycles. The van der Waals surface area contributed by atoms with Crippen molar-refractivity contribution in [3.63, 3.8) is 0 Å². The zero-order valence-electron chi connectivity index (χ0n) is 12.0. The Kier molecular flexibility index (Phi) is 6.57. The summed E-state index contributed by atoms with van der Waals surface area (Å²) in [6.07, 6.45) is 5.11. The number of nitrogens with zero attached hydrogens (tertiary/aromatic N) is 1. The summed E-state index contributed by atoms with van der Waals surface area (Å²) in [5, 5.41) is 3.35. The third kappa shape index (κ3) is 4.06. The lowest BCUT2D eigenvalue weighted by atomic mass is 10.1. The molecule has 3 atom stereocenters. The van der Waals surface area contributed by atoms with E-state index in [2.05, 4.69) is 19.2 Å². The molecule has 2 fully saturated rings. The van der Waals surface area contributed by atoms with Gasteiger partial charge in [0.1, 0.15) is 0 Å². The molecule has 0 aromatic heterocycles. The van der Waals surface area contributed by atoms with Gasteiger partial charge in [-0.1, -0.05) is 20.3 Å². The van der Waals surface area contributed by atoms with E-state index in [4.69, 9.17) is 0 Å². The van der Waals surface area contributed by atoms with E-state index < -0.39 is 10.0 Å². The second-order valence-electron chi connectivity index (χ2n) is 5.88. The molecule has 3 unspecified atom stereocenters. The van der Waals surface area contributed by atoms with E-state index in [0.717, 1.165) is 45.2 Å². The van der Waals surface area contributed by atoms with Gasteiger partial charge in [-0.15, -0.1) is 12.4 Å². The molecule has 19 heavy (non-hydrogen) atoms. The fourth-order valence-corrected chi connectivity index (χ4v) is 5.77. The Bertz CT molecular complexity index is 361. The molecule has 2 bridgehead atoms. The first kappa shape index (κ1) is 17.2. The van der Waals surface area contributed by atoms with Crippen LogP contribution < -0.4 is 5.32 Å². The van der Waals surface area contributed by atoms with Gasteiger partial charge < -0.3 is 5.32 Å². The van der Waals surface area contributed by atoms with E-state index in [1.807, 2.05) is 4.31 Å². The minimum atomic E-state index is -3.07. The van der Waals surface area contributed by atoms with Crippen molar-refractivity contribution in [1.29, 1.82) is 0 Å². The predicted octanol–water partition coefficient (Wildman–Crippen LogP) is 2.00. The van der Waals surface area contributed by atoms with Gasteiger partial charge >= 0.3 is 0 Å². The summed E-state index contributed by atoms with van der Waals surface area (Å²) < 4.78 is 27.0. The molecule has 0 amide bonds. The number of hydrogen-bond donors (Lipinski definition) is 1. The molecule has 114 valence electrons.